The molecule has 6 nitrogen and oxygen atoms in total. The number of carbonyl (C=O) groups is 3. The fourth-order valence-corrected chi connectivity index (χ4v) is 1.96. The van der Waals surface area contributed by atoms with Gasteiger partial charge in [-0.25, -0.2) is 9.18 Å². The summed E-state index contributed by atoms with van der Waals surface area (Å²) in [4.78, 5) is 34.3. The summed E-state index contributed by atoms with van der Waals surface area (Å²) in [5.74, 6) is -1.77. The van der Waals surface area contributed by atoms with Gasteiger partial charge in [-0.3, -0.25) is 9.59 Å². The van der Waals surface area contributed by atoms with E-state index in [-0.39, 0.29) is 18.6 Å². The molecule has 0 heterocycles. The molecule has 124 valence electrons. The molecule has 0 saturated carbocycles. The summed E-state index contributed by atoms with van der Waals surface area (Å²) in [6, 6.07) is 10.9. The number of halogens is 1. The number of carboxylic acids is 1. The number of benzene rings is 2. The molecule has 0 saturated heterocycles. The predicted molar refractivity (Wildman–Crippen MR) is 86.7 cm³/mol. The Morgan fingerprint density at radius 1 is 0.917 bits per heavy atom. The summed E-state index contributed by atoms with van der Waals surface area (Å²) >= 11 is 0. The van der Waals surface area contributed by atoms with Crippen LogP contribution in [0.4, 0.5) is 20.6 Å². The molecule has 2 rings (SSSR count). The number of anilines is 2. The largest absolute Gasteiger partial charge is 0.481 e. The highest BCUT2D eigenvalue weighted by Gasteiger charge is 2.10. The molecule has 0 unspecified atom stereocenters. The second-order valence-corrected chi connectivity index (χ2v) is 4.98. The Bertz CT molecular complexity index is 759. The van der Waals surface area contributed by atoms with E-state index in [4.69, 9.17) is 5.11 Å². The molecule has 0 atom stereocenters. The lowest BCUT2D eigenvalue weighted by atomic mass is 10.1. The zero-order chi connectivity index (χ0) is 17.5. The Kier molecular flexibility index (Phi) is 5.62. The van der Waals surface area contributed by atoms with Gasteiger partial charge in [-0.15, -0.1) is 0 Å². The van der Waals surface area contributed by atoms with Gasteiger partial charge in [0, 0.05) is 23.4 Å². The van der Waals surface area contributed by atoms with Crippen molar-refractivity contribution in [2.75, 3.05) is 10.6 Å². The van der Waals surface area contributed by atoms with Gasteiger partial charge >= 0.3 is 12.0 Å². The lowest BCUT2D eigenvalue weighted by Gasteiger charge is -2.09. The zero-order valence-electron chi connectivity index (χ0n) is 12.6. The standard InChI is InChI=1S/C17H15FN2O4/c18-12-4-6-13(7-5-12)19-17(24)20-14-3-1-2-11(10-14)15(21)8-9-16(22)23/h1-7,10H,8-9H2,(H,22,23)(H2,19,20,24). The van der Waals surface area contributed by atoms with E-state index in [1.165, 1.54) is 30.3 Å². The van der Waals surface area contributed by atoms with Crippen LogP contribution in [0.15, 0.2) is 48.5 Å². The molecule has 0 bridgehead atoms. The first kappa shape index (κ1) is 17.1. The van der Waals surface area contributed by atoms with Gasteiger partial charge in [-0.2, -0.15) is 0 Å². The van der Waals surface area contributed by atoms with E-state index < -0.39 is 17.8 Å². The fraction of sp³-hybridized carbons (Fsp3) is 0.118. The van der Waals surface area contributed by atoms with Crippen LogP contribution in [0.3, 0.4) is 0 Å². The highest BCUT2D eigenvalue weighted by Crippen LogP contribution is 2.14. The average molecular weight is 330 g/mol. The third kappa shape index (κ3) is 5.20. The number of urea groups is 1. The third-order valence-corrected chi connectivity index (χ3v) is 3.11. The lowest BCUT2D eigenvalue weighted by molar-refractivity contribution is -0.136. The van der Waals surface area contributed by atoms with Crippen molar-refractivity contribution < 1.29 is 23.9 Å². The van der Waals surface area contributed by atoms with Crippen LogP contribution in [-0.2, 0) is 4.79 Å². The monoisotopic (exact) mass is 330 g/mol. The molecule has 2 aromatic rings. The smallest absolute Gasteiger partial charge is 0.323 e. The minimum absolute atomic E-state index is 0.111. The molecular formula is C17H15FN2O4. The molecule has 3 N–H and O–H groups in total. The second-order valence-electron chi connectivity index (χ2n) is 4.98. The quantitative estimate of drug-likeness (QED) is 0.706. The maximum atomic E-state index is 12.8. The van der Waals surface area contributed by atoms with Crippen LogP contribution >= 0.6 is 0 Å². The van der Waals surface area contributed by atoms with Crippen LogP contribution in [0.2, 0.25) is 0 Å². The first-order valence-corrected chi connectivity index (χ1v) is 7.12. The number of amides is 2. The van der Waals surface area contributed by atoms with Crippen LogP contribution in [-0.4, -0.2) is 22.9 Å². The lowest BCUT2D eigenvalue weighted by Crippen LogP contribution is -2.19. The molecule has 24 heavy (non-hydrogen) atoms. The van der Waals surface area contributed by atoms with Crippen LogP contribution in [0.1, 0.15) is 23.2 Å². The Hall–Kier alpha value is -3.22. The molecule has 2 aromatic carbocycles. The molecule has 0 aliphatic carbocycles. The average Bonchev–Trinajstić information content (AvgIpc) is 2.55. The summed E-state index contributed by atoms with van der Waals surface area (Å²) < 4.78 is 12.8. The van der Waals surface area contributed by atoms with Crippen molar-refractivity contribution in [3.05, 3.63) is 59.9 Å². The topological polar surface area (TPSA) is 95.5 Å². The molecular weight excluding hydrogens is 315 g/mol. The number of nitrogens with one attached hydrogen (secondary N) is 2. The van der Waals surface area contributed by atoms with Crippen LogP contribution < -0.4 is 10.6 Å². The van der Waals surface area contributed by atoms with E-state index in [2.05, 4.69) is 10.6 Å². The first-order valence-electron chi connectivity index (χ1n) is 7.12. The number of aliphatic carboxylic acids is 1. The first-order chi connectivity index (χ1) is 11.4. The highest BCUT2D eigenvalue weighted by molar-refractivity contribution is 6.02. The van der Waals surface area contributed by atoms with Crippen molar-refractivity contribution in [1.82, 2.24) is 0 Å². The van der Waals surface area contributed by atoms with Gasteiger partial charge in [-0.05, 0) is 36.4 Å². The normalized spacial score (nSPS) is 10.0. The van der Waals surface area contributed by atoms with Gasteiger partial charge in [0.1, 0.15) is 5.82 Å². The molecule has 0 spiro atoms. The molecule has 0 aromatic heterocycles. The Morgan fingerprint density at radius 2 is 1.58 bits per heavy atom. The molecule has 0 aliphatic heterocycles. The molecule has 0 fully saturated rings. The third-order valence-electron chi connectivity index (χ3n) is 3.11. The predicted octanol–water partition coefficient (Wildman–Crippen LogP) is 3.52. The van der Waals surface area contributed by atoms with Crippen molar-refractivity contribution in [2.24, 2.45) is 0 Å². The van der Waals surface area contributed by atoms with Crippen LogP contribution in [0.5, 0.6) is 0 Å². The number of rotatable bonds is 6. The van der Waals surface area contributed by atoms with Gasteiger partial charge in [0.05, 0.1) is 6.42 Å². The van der Waals surface area contributed by atoms with Gasteiger partial charge in [-0.1, -0.05) is 12.1 Å². The van der Waals surface area contributed by atoms with Crippen molar-refractivity contribution in [1.29, 1.82) is 0 Å². The van der Waals surface area contributed by atoms with Crippen LogP contribution in [0.25, 0.3) is 0 Å². The number of hydrogen-bond donors (Lipinski definition) is 3. The van der Waals surface area contributed by atoms with E-state index in [9.17, 15) is 18.8 Å². The van der Waals surface area contributed by atoms with Crippen molar-refractivity contribution in [3.63, 3.8) is 0 Å². The zero-order valence-corrected chi connectivity index (χ0v) is 12.6. The van der Waals surface area contributed by atoms with E-state index in [0.29, 0.717) is 16.9 Å². The molecule has 2 amide bonds. The van der Waals surface area contributed by atoms with E-state index in [0.717, 1.165) is 0 Å². The Balaban J connectivity index is 1.98. The van der Waals surface area contributed by atoms with E-state index in [1.54, 1.807) is 18.2 Å². The second kappa shape index (κ2) is 7.87. The minimum Gasteiger partial charge on any atom is -0.481 e. The van der Waals surface area contributed by atoms with Crippen molar-refractivity contribution in [2.45, 2.75) is 12.8 Å². The SMILES string of the molecule is O=C(O)CCC(=O)c1cccc(NC(=O)Nc2ccc(F)cc2)c1. The number of hydrogen-bond acceptors (Lipinski definition) is 3. The summed E-state index contributed by atoms with van der Waals surface area (Å²) in [6.45, 7) is 0. The Labute approximate surface area is 137 Å². The molecule has 0 aliphatic rings. The maximum Gasteiger partial charge on any atom is 0.323 e. The minimum atomic E-state index is -1.05. The number of carboxylic acid groups (broad SMARTS) is 1. The highest BCUT2D eigenvalue weighted by atomic mass is 19.1. The van der Waals surface area contributed by atoms with E-state index >= 15 is 0 Å². The van der Waals surface area contributed by atoms with E-state index in [1.807, 2.05) is 0 Å². The number of carbonyl (C=O) groups excluding carboxylic acids is 2. The summed E-state index contributed by atoms with van der Waals surface area (Å²) in [7, 11) is 0. The molecule has 0 radical (unpaired) electrons. The van der Waals surface area contributed by atoms with Gasteiger partial charge in [0.25, 0.3) is 0 Å². The fourth-order valence-electron chi connectivity index (χ4n) is 1.96. The summed E-state index contributed by atoms with van der Waals surface area (Å²) in [5.41, 5.74) is 1.12. The summed E-state index contributed by atoms with van der Waals surface area (Å²) in [5, 5.41) is 13.7. The summed E-state index contributed by atoms with van der Waals surface area (Å²) in [6.07, 6.45) is -0.359. The van der Waals surface area contributed by atoms with Crippen molar-refractivity contribution >= 4 is 29.2 Å². The number of ketones is 1. The number of Topliss-reactive ketones (excluding diaryl/α,β-unsaturated/α-hetero) is 1. The Morgan fingerprint density at radius 3 is 2.25 bits per heavy atom. The van der Waals surface area contributed by atoms with Crippen molar-refractivity contribution in [3.8, 4) is 0 Å². The van der Waals surface area contributed by atoms with Gasteiger partial charge < -0.3 is 15.7 Å². The van der Waals surface area contributed by atoms with Crippen LogP contribution in [0, 0.1) is 5.82 Å². The van der Waals surface area contributed by atoms with Gasteiger partial charge in [0.2, 0.25) is 0 Å². The maximum absolute atomic E-state index is 12.8. The van der Waals surface area contributed by atoms with Gasteiger partial charge in [0.15, 0.2) is 5.78 Å². The molecule has 7 heteroatoms.